The third-order valence-electron chi connectivity index (χ3n) is 3.54. The molecule has 3 N–H and O–H groups in total. The van der Waals surface area contributed by atoms with Gasteiger partial charge in [-0.2, -0.15) is 0 Å². The minimum Gasteiger partial charge on any atom is -0.496 e. The van der Waals surface area contributed by atoms with Crippen molar-refractivity contribution in [2.24, 2.45) is 5.73 Å². The van der Waals surface area contributed by atoms with Crippen LogP contribution in [0.3, 0.4) is 0 Å². The zero-order valence-electron chi connectivity index (χ0n) is 10.8. The van der Waals surface area contributed by atoms with Crippen molar-refractivity contribution in [3.63, 3.8) is 0 Å². The van der Waals surface area contributed by atoms with Crippen LogP contribution in [-0.2, 0) is 4.74 Å². The highest BCUT2D eigenvalue weighted by Gasteiger charge is 2.19. The van der Waals surface area contributed by atoms with Gasteiger partial charge in [-0.25, -0.2) is 0 Å². The summed E-state index contributed by atoms with van der Waals surface area (Å²) in [6, 6.07) is 5.70. The van der Waals surface area contributed by atoms with Crippen LogP contribution in [0, 0.1) is 0 Å². The van der Waals surface area contributed by atoms with E-state index >= 15 is 0 Å². The molecule has 0 saturated carbocycles. The highest BCUT2D eigenvalue weighted by atomic mass is 16.5. The Morgan fingerprint density at radius 3 is 2.78 bits per heavy atom. The van der Waals surface area contributed by atoms with Crippen LogP contribution in [0.25, 0.3) is 0 Å². The van der Waals surface area contributed by atoms with Crippen molar-refractivity contribution >= 4 is 0 Å². The van der Waals surface area contributed by atoms with Crippen LogP contribution >= 0.6 is 0 Å². The number of hydrogen-bond acceptors (Lipinski definition) is 4. The fourth-order valence-corrected chi connectivity index (χ4v) is 2.43. The first-order valence-electron chi connectivity index (χ1n) is 6.38. The van der Waals surface area contributed by atoms with E-state index in [1.807, 2.05) is 6.07 Å². The van der Waals surface area contributed by atoms with E-state index < -0.39 is 0 Å². The van der Waals surface area contributed by atoms with E-state index in [-0.39, 0.29) is 12.6 Å². The first-order chi connectivity index (χ1) is 8.76. The van der Waals surface area contributed by atoms with E-state index in [0.29, 0.717) is 5.92 Å². The minimum absolute atomic E-state index is 0.0758. The maximum absolute atomic E-state index is 9.21. The number of benzene rings is 1. The average Bonchev–Trinajstić information content (AvgIpc) is 2.46. The van der Waals surface area contributed by atoms with Gasteiger partial charge in [-0.3, -0.25) is 0 Å². The molecule has 0 amide bonds. The minimum atomic E-state index is -0.389. The lowest BCUT2D eigenvalue weighted by Crippen LogP contribution is -2.18. The lowest BCUT2D eigenvalue weighted by Gasteiger charge is -2.24. The Balaban J connectivity index is 2.26. The maximum Gasteiger partial charge on any atom is 0.123 e. The van der Waals surface area contributed by atoms with Gasteiger partial charge in [0.15, 0.2) is 0 Å². The smallest absolute Gasteiger partial charge is 0.123 e. The molecule has 100 valence electrons. The molecule has 1 heterocycles. The molecular formula is C14H21NO3. The van der Waals surface area contributed by atoms with Gasteiger partial charge >= 0.3 is 0 Å². The standard InChI is InChI=1S/C14H21NO3/c1-17-14-3-2-11(8-12(14)13(15)9-16)10-4-6-18-7-5-10/h2-3,8,10,13,16H,4-7,9,15H2,1H3. The Morgan fingerprint density at radius 1 is 1.44 bits per heavy atom. The van der Waals surface area contributed by atoms with Crippen LogP contribution in [0.2, 0.25) is 0 Å². The second kappa shape index (κ2) is 6.18. The number of hydrogen-bond donors (Lipinski definition) is 2. The molecule has 1 saturated heterocycles. The molecule has 1 fully saturated rings. The molecule has 1 aliphatic rings. The van der Waals surface area contributed by atoms with Crippen molar-refractivity contribution in [2.75, 3.05) is 26.9 Å². The number of methoxy groups -OCH3 is 1. The Hall–Kier alpha value is -1.10. The van der Waals surface area contributed by atoms with E-state index in [1.165, 1.54) is 5.56 Å². The average molecular weight is 251 g/mol. The third kappa shape index (κ3) is 2.83. The van der Waals surface area contributed by atoms with Crippen LogP contribution in [0.4, 0.5) is 0 Å². The zero-order chi connectivity index (χ0) is 13.0. The summed E-state index contributed by atoms with van der Waals surface area (Å²) in [6.45, 7) is 1.56. The predicted molar refractivity (Wildman–Crippen MR) is 69.8 cm³/mol. The lowest BCUT2D eigenvalue weighted by molar-refractivity contribution is 0.0853. The summed E-state index contributed by atoms with van der Waals surface area (Å²) < 4.78 is 10.7. The van der Waals surface area contributed by atoms with Crippen molar-refractivity contribution in [3.05, 3.63) is 29.3 Å². The molecule has 0 radical (unpaired) electrons. The number of nitrogens with two attached hydrogens (primary N) is 1. The summed E-state index contributed by atoms with van der Waals surface area (Å²) in [6.07, 6.45) is 2.08. The van der Waals surface area contributed by atoms with Crippen LogP contribution in [0.15, 0.2) is 18.2 Å². The van der Waals surface area contributed by atoms with Crippen molar-refractivity contribution < 1.29 is 14.6 Å². The van der Waals surface area contributed by atoms with Gasteiger partial charge < -0.3 is 20.3 Å². The number of ether oxygens (including phenoxy) is 2. The fourth-order valence-electron chi connectivity index (χ4n) is 2.43. The molecule has 4 nitrogen and oxygen atoms in total. The van der Waals surface area contributed by atoms with E-state index in [4.69, 9.17) is 15.2 Å². The van der Waals surface area contributed by atoms with Crippen LogP contribution in [-0.4, -0.2) is 32.0 Å². The van der Waals surface area contributed by atoms with Gasteiger partial charge in [-0.1, -0.05) is 12.1 Å². The van der Waals surface area contributed by atoms with Crippen molar-refractivity contribution in [1.29, 1.82) is 0 Å². The molecule has 0 bridgehead atoms. The van der Waals surface area contributed by atoms with Gasteiger partial charge in [0.05, 0.1) is 19.8 Å². The molecular weight excluding hydrogens is 230 g/mol. The Morgan fingerprint density at radius 2 is 2.17 bits per heavy atom. The second-order valence-electron chi connectivity index (χ2n) is 4.68. The highest BCUT2D eigenvalue weighted by Crippen LogP contribution is 2.32. The number of aliphatic hydroxyl groups is 1. The predicted octanol–water partition coefficient (Wildman–Crippen LogP) is 1.58. The first-order valence-corrected chi connectivity index (χ1v) is 6.38. The molecule has 4 heteroatoms. The quantitative estimate of drug-likeness (QED) is 0.852. The van der Waals surface area contributed by atoms with E-state index in [0.717, 1.165) is 37.4 Å². The highest BCUT2D eigenvalue weighted by molar-refractivity contribution is 5.40. The van der Waals surface area contributed by atoms with Gasteiger partial charge in [0.25, 0.3) is 0 Å². The van der Waals surface area contributed by atoms with E-state index in [9.17, 15) is 5.11 Å². The van der Waals surface area contributed by atoms with Crippen LogP contribution < -0.4 is 10.5 Å². The molecule has 1 atom stereocenters. The van der Waals surface area contributed by atoms with E-state index in [1.54, 1.807) is 7.11 Å². The van der Waals surface area contributed by atoms with Crippen molar-refractivity contribution in [2.45, 2.75) is 24.8 Å². The SMILES string of the molecule is COc1ccc(C2CCOCC2)cc1C(N)CO. The zero-order valence-corrected chi connectivity index (χ0v) is 10.8. The maximum atomic E-state index is 9.21. The molecule has 1 unspecified atom stereocenters. The topological polar surface area (TPSA) is 64.7 Å². The molecule has 0 aromatic heterocycles. The monoisotopic (exact) mass is 251 g/mol. The summed E-state index contributed by atoms with van der Waals surface area (Å²) in [7, 11) is 1.62. The lowest BCUT2D eigenvalue weighted by atomic mass is 9.89. The first kappa shape index (κ1) is 13.3. The van der Waals surface area contributed by atoms with E-state index in [2.05, 4.69) is 12.1 Å². The summed E-state index contributed by atoms with van der Waals surface area (Å²) in [5.41, 5.74) is 8.06. The van der Waals surface area contributed by atoms with Crippen molar-refractivity contribution in [1.82, 2.24) is 0 Å². The largest absolute Gasteiger partial charge is 0.496 e. The molecule has 2 rings (SSSR count). The van der Waals surface area contributed by atoms with Gasteiger partial charge in [-0.05, 0) is 30.4 Å². The Bertz CT molecular complexity index is 389. The van der Waals surface area contributed by atoms with Crippen molar-refractivity contribution in [3.8, 4) is 5.75 Å². The summed E-state index contributed by atoms with van der Waals surface area (Å²) in [5, 5.41) is 9.21. The van der Waals surface area contributed by atoms with Gasteiger partial charge in [0.1, 0.15) is 5.75 Å². The molecule has 1 aliphatic heterocycles. The molecule has 0 spiro atoms. The van der Waals surface area contributed by atoms with Gasteiger partial charge in [0.2, 0.25) is 0 Å². The summed E-state index contributed by atoms with van der Waals surface area (Å²) in [5.74, 6) is 1.27. The Labute approximate surface area is 108 Å². The van der Waals surface area contributed by atoms with Crippen LogP contribution in [0.1, 0.15) is 35.9 Å². The molecule has 0 aliphatic carbocycles. The molecule has 1 aromatic carbocycles. The number of aliphatic hydroxyl groups excluding tert-OH is 1. The Kier molecular flexibility index (Phi) is 4.58. The molecule has 18 heavy (non-hydrogen) atoms. The van der Waals surface area contributed by atoms with Gasteiger partial charge in [-0.15, -0.1) is 0 Å². The van der Waals surface area contributed by atoms with Crippen LogP contribution in [0.5, 0.6) is 5.75 Å². The summed E-state index contributed by atoms with van der Waals surface area (Å²) >= 11 is 0. The van der Waals surface area contributed by atoms with Gasteiger partial charge in [0, 0.05) is 18.8 Å². The second-order valence-corrected chi connectivity index (χ2v) is 4.68. The summed E-state index contributed by atoms with van der Waals surface area (Å²) in [4.78, 5) is 0. The number of rotatable bonds is 4. The fraction of sp³-hybridized carbons (Fsp3) is 0.571. The molecule has 1 aromatic rings. The normalized spacial score (nSPS) is 18.6. The third-order valence-corrected chi connectivity index (χ3v) is 3.54.